The predicted octanol–water partition coefficient (Wildman–Crippen LogP) is 14.8. The van der Waals surface area contributed by atoms with E-state index in [-0.39, 0.29) is 0 Å². The topological polar surface area (TPSA) is 38.7 Å². The summed E-state index contributed by atoms with van der Waals surface area (Å²) in [5.41, 5.74) is 14.4. The normalized spacial score (nSPS) is 15.2. The monoisotopic (exact) mass is 789 g/mol. The Morgan fingerprint density at radius 1 is 0.435 bits per heavy atom. The molecule has 290 valence electrons. The van der Waals surface area contributed by atoms with Gasteiger partial charge in [0.15, 0.2) is 17.5 Å². The first-order chi connectivity index (χ1) is 30.7. The fourth-order valence-electron chi connectivity index (χ4n) is 10.6. The second kappa shape index (κ2) is 14.0. The Kier molecular flexibility index (Phi) is 8.13. The van der Waals surface area contributed by atoms with Crippen LogP contribution in [0.3, 0.4) is 0 Å². The summed E-state index contributed by atoms with van der Waals surface area (Å²) in [6.07, 6.45) is 6.56. The lowest BCUT2D eigenvalue weighted by atomic mass is 9.67. The summed E-state index contributed by atoms with van der Waals surface area (Å²) in [5, 5.41) is 7.32. The third kappa shape index (κ3) is 5.09. The van der Waals surface area contributed by atoms with Crippen LogP contribution in [0.4, 0.5) is 0 Å². The Morgan fingerprint density at radius 2 is 1.00 bits per heavy atom. The van der Waals surface area contributed by atoms with Crippen LogP contribution in [0.2, 0.25) is 0 Å². The van der Waals surface area contributed by atoms with Gasteiger partial charge in [0.25, 0.3) is 0 Å². The number of benzene rings is 9. The molecule has 12 rings (SSSR count). The van der Waals surface area contributed by atoms with Crippen LogP contribution in [0.15, 0.2) is 218 Å². The number of hydrogen-bond acceptors (Lipinski definition) is 3. The summed E-state index contributed by atoms with van der Waals surface area (Å²) >= 11 is 0. The molecule has 1 unspecified atom stereocenters. The van der Waals surface area contributed by atoms with E-state index in [4.69, 9.17) is 15.0 Å². The van der Waals surface area contributed by atoms with E-state index in [1.165, 1.54) is 66.1 Å². The number of hydrogen-bond donors (Lipinski definition) is 0. The minimum absolute atomic E-state index is 0.627. The van der Waals surface area contributed by atoms with E-state index in [0.717, 1.165) is 38.6 Å². The Balaban J connectivity index is 1.19. The highest BCUT2D eigenvalue weighted by Crippen LogP contribution is 2.65. The van der Waals surface area contributed by atoms with Crippen molar-refractivity contribution in [2.75, 3.05) is 0 Å². The van der Waals surface area contributed by atoms with Gasteiger partial charge >= 0.3 is 0 Å². The molecule has 0 bridgehead atoms. The lowest BCUT2D eigenvalue weighted by molar-refractivity contribution is 0.795. The third-order valence-electron chi connectivity index (χ3n) is 13.0. The van der Waals surface area contributed by atoms with Crippen LogP contribution in [0.1, 0.15) is 29.2 Å². The highest BCUT2D eigenvalue weighted by molar-refractivity contribution is 6.20. The minimum atomic E-state index is -0.642. The fourth-order valence-corrected chi connectivity index (χ4v) is 10.6. The number of rotatable bonds is 6. The second-order valence-electron chi connectivity index (χ2n) is 16.2. The van der Waals surface area contributed by atoms with Crippen molar-refractivity contribution < 1.29 is 0 Å². The van der Waals surface area contributed by atoms with Crippen molar-refractivity contribution >= 4 is 37.9 Å². The van der Waals surface area contributed by atoms with Crippen molar-refractivity contribution in [2.24, 2.45) is 0 Å². The van der Waals surface area contributed by atoms with Crippen LogP contribution in [-0.2, 0) is 5.41 Å². The summed E-state index contributed by atoms with van der Waals surface area (Å²) in [6, 6.07) is 67.5. The van der Waals surface area contributed by atoms with Crippen molar-refractivity contribution in [3.8, 4) is 56.4 Å². The van der Waals surface area contributed by atoms with Gasteiger partial charge in [0, 0.05) is 22.3 Å². The molecule has 9 aromatic carbocycles. The lowest BCUT2D eigenvalue weighted by Crippen LogP contribution is -2.27. The minimum Gasteiger partial charge on any atom is -0.208 e. The lowest BCUT2D eigenvalue weighted by Gasteiger charge is -2.33. The standard InChI is InChI=1S/C59H39N3/c1-3-19-44-45-34-33-40(36-52(45)59(50(44)4-2)51-31-18-17-30-48(51)54-46-28-15-13-26-42(46)43-27-14-16-29-47(43)55(54)59)53-41-25-12-11-20-37(41)32-35-49(53)58-61-56(38-21-7-5-8-22-38)60-57(62-58)39-23-9-6-10-24-39/h3-36H,2H2,1H3/b19-3-. The molecule has 2 aliphatic carbocycles. The fraction of sp³-hybridized carbons (Fsp3) is 0.0339. The van der Waals surface area contributed by atoms with Crippen LogP contribution < -0.4 is 0 Å². The first kappa shape index (κ1) is 35.9. The molecule has 1 aromatic heterocycles. The van der Waals surface area contributed by atoms with Crippen LogP contribution in [0.5, 0.6) is 0 Å². The molecule has 0 amide bonds. The smallest absolute Gasteiger partial charge is 0.164 e. The molecule has 62 heavy (non-hydrogen) atoms. The highest BCUT2D eigenvalue weighted by atomic mass is 15.0. The molecule has 3 heteroatoms. The number of allylic oxidation sites excluding steroid dienone is 5. The van der Waals surface area contributed by atoms with Gasteiger partial charge in [-0.3, -0.25) is 0 Å². The summed E-state index contributed by atoms with van der Waals surface area (Å²) < 4.78 is 0. The molecular formula is C59H39N3. The maximum Gasteiger partial charge on any atom is 0.164 e. The van der Waals surface area contributed by atoms with E-state index < -0.39 is 5.41 Å². The van der Waals surface area contributed by atoms with E-state index in [2.05, 4.69) is 183 Å². The maximum atomic E-state index is 5.27. The Morgan fingerprint density at radius 3 is 1.69 bits per heavy atom. The van der Waals surface area contributed by atoms with E-state index in [1.807, 2.05) is 36.4 Å². The van der Waals surface area contributed by atoms with E-state index in [1.54, 1.807) is 0 Å². The highest BCUT2D eigenvalue weighted by Gasteiger charge is 2.53. The summed E-state index contributed by atoms with van der Waals surface area (Å²) in [6.45, 7) is 6.70. The summed E-state index contributed by atoms with van der Waals surface area (Å²) in [5.74, 6) is 1.90. The van der Waals surface area contributed by atoms with Gasteiger partial charge < -0.3 is 0 Å². The quantitative estimate of drug-likeness (QED) is 0.158. The van der Waals surface area contributed by atoms with E-state index in [0.29, 0.717) is 17.5 Å². The van der Waals surface area contributed by atoms with Crippen molar-refractivity contribution in [3.05, 3.63) is 241 Å². The van der Waals surface area contributed by atoms with Gasteiger partial charge in [-0.15, -0.1) is 0 Å². The molecule has 0 radical (unpaired) electrons. The largest absolute Gasteiger partial charge is 0.208 e. The van der Waals surface area contributed by atoms with E-state index >= 15 is 0 Å². The van der Waals surface area contributed by atoms with Crippen molar-refractivity contribution in [1.82, 2.24) is 15.0 Å². The Hall–Kier alpha value is -8.01. The Bertz CT molecular complexity index is 3490. The molecule has 0 N–H and O–H groups in total. The molecule has 0 fully saturated rings. The number of nitrogens with zero attached hydrogens (tertiary/aromatic N) is 3. The van der Waals surface area contributed by atoms with Crippen molar-refractivity contribution in [1.29, 1.82) is 0 Å². The summed E-state index contributed by atoms with van der Waals surface area (Å²) in [4.78, 5) is 15.6. The van der Waals surface area contributed by atoms with Gasteiger partial charge in [0.1, 0.15) is 0 Å². The van der Waals surface area contributed by atoms with Crippen molar-refractivity contribution in [3.63, 3.8) is 0 Å². The zero-order valence-corrected chi connectivity index (χ0v) is 34.2. The molecule has 0 saturated carbocycles. The van der Waals surface area contributed by atoms with Crippen LogP contribution in [-0.4, -0.2) is 15.0 Å². The van der Waals surface area contributed by atoms with E-state index in [9.17, 15) is 0 Å². The average molecular weight is 790 g/mol. The first-order valence-electron chi connectivity index (χ1n) is 21.3. The molecule has 10 aromatic rings. The second-order valence-corrected chi connectivity index (χ2v) is 16.2. The first-order valence-corrected chi connectivity index (χ1v) is 21.3. The molecule has 2 aliphatic rings. The van der Waals surface area contributed by atoms with Gasteiger partial charge in [0.2, 0.25) is 0 Å². The molecule has 1 spiro atoms. The van der Waals surface area contributed by atoms with Crippen LogP contribution in [0.25, 0.3) is 94.3 Å². The summed E-state index contributed by atoms with van der Waals surface area (Å²) in [7, 11) is 0. The molecule has 0 aliphatic heterocycles. The predicted molar refractivity (Wildman–Crippen MR) is 258 cm³/mol. The maximum absolute atomic E-state index is 5.27. The molecule has 0 saturated heterocycles. The van der Waals surface area contributed by atoms with Crippen LogP contribution in [0, 0.1) is 0 Å². The van der Waals surface area contributed by atoms with Gasteiger partial charge in [-0.25, -0.2) is 15.0 Å². The molecule has 3 nitrogen and oxygen atoms in total. The van der Waals surface area contributed by atoms with Gasteiger partial charge in [-0.05, 0) is 101 Å². The number of fused-ring (bicyclic) bond motifs is 13. The number of aromatic nitrogens is 3. The Labute approximate surface area is 360 Å². The van der Waals surface area contributed by atoms with Gasteiger partial charge in [-0.2, -0.15) is 0 Å². The van der Waals surface area contributed by atoms with Gasteiger partial charge in [-0.1, -0.05) is 201 Å². The molecule has 1 heterocycles. The zero-order valence-electron chi connectivity index (χ0n) is 34.2. The average Bonchev–Trinajstić information content (AvgIpc) is 3.80. The van der Waals surface area contributed by atoms with Crippen molar-refractivity contribution in [2.45, 2.75) is 12.3 Å². The molecule has 1 atom stereocenters. The SMILES string of the molecule is C=CC1=C(/C=C\C)c2ccc(-c3c(-c4nc(-c5ccccc5)nc(-c5ccccc5)n4)ccc4ccccc34)cc2C12c1ccccc1-c1c2c2ccccc2c2ccccc12. The third-order valence-corrected chi connectivity index (χ3v) is 13.0. The van der Waals surface area contributed by atoms with Crippen LogP contribution >= 0.6 is 0 Å². The van der Waals surface area contributed by atoms with Gasteiger partial charge in [0.05, 0.1) is 5.41 Å². The zero-order chi connectivity index (χ0) is 41.4. The molecular weight excluding hydrogens is 751 g/mol.